The molecule has 9 heteroatoms. The number of likely N-dealkylation sites (tertiary alicyclic amines) is 1. The lowest BCUT2D eigenvalue weighted by molar-refractivity contribution is 0.0574. The summed E-state index contributed by atoms with van der Waals surface area (Å²) in [5.74, 6) is 0.840. The lowest BCUT2D eigenvalue weighted by atomic mass is 9.88. The largest absolute Gasteiger partial charge is 0.491 e. The highest BCUT2D eigenvalue weighted by Crippen LogP contribution is 2.36. The van der Waals surface area contributed by atoms with Crippen LogP contribution in [0, 0.1) is 0 Å². The maximum absolute atomic E-state index is 13.2. The van der Waals surface area contributed by atoms with E-state index in [4.69, 9.17) is 14.3 Å². The normalized spacial score (nSPS) is 15.7. The fourth-order valence-electron chi connectivity index (χ4n) is 4.21. The number of carbonyl (C=O) groups is 2. The van der Waals surface area contributed by atoms with Crippen LogP contribution >= 0.6 is 0 Å². The van der Waals surface area contributed by atoms with E-state index >= 15 is 0 Å². The van der Waals surface area contributed by atoms with Crippen LogP contribution in [-0.2, 0) is 11.0 Å². The third-order valence-electron chi connectivity index (χ3n) is 7.61. The molecule has 1 heterocycles. The average molecular weight is 543 g/mol. The summed E-state index contributed by atoms with van der Waals surface area (Å²) < 4.78 is 11.9. The second kappa shape index (κ2) is 12.8. The molecule has 8 nitrogen and oxygen atoms in total. The molecule has 1 aliphatic rings. The van der Waals surface area contributed by atoms with Crippen LogP contribution in [0.4, 0.5) is 4.79 Å². The van der Waals surface area contributed by atoms with E-state index in [9.17, 15) is 14.7 Å². The number of nitrogens with zero attached hydrogens (tertiary/aromatic N) is 1. The van der Waals surface area contributed by atoms with Gasteiger partial charge in [0.2, 0.25) is 0 Å². The number of rotatable bonds is 10. The molecule has 3 rings (SSSR count). The Morgan fingerprint density at radius 3 is 2.42 bits per heavy atom. The van der Waals surface area contributed by atoms with Crippen LogP contribution in [0.25, 0.3) is 0 Å². The van der Waals surface area contributed by atoms with Crippen LogP contribution in [0.5, 0.6) is 5.75 Å². The summed E-state index contributed by atoms with van der Waals surface area (Å²) in [5.41, 5.74) is 2.67. The minimum Gasteiger partial charge on any atom is -0.491 e. The highest BCUT2D eigenvalue weighted by atomic mass is 28.4. The van der Waals surface area contributed by atoms with E-state index in [2.05, 4.69) is 45.2 Å². The van der Waals surface area contributed by atoms with Crippen LogP contribution in [0.2, 0.25) is 18.1 Å². The maximum atomic E-state index is 13.2. The SMILES string of the molecule is CC(C)(C)[Si](C)(C)OCC(O)COc1cccc(C(=O)N2CCC(c3cccc(CNC(=O)O)c3)CC2)c1. The molecule has 3 N–H and O–H groups in total. The van der Waals surface area contributed by atoms with Gasteiger partial charge in [-0.25, -0.2) is 4.79 Å². The molecule has 2 amide bonds. The van der Waals surface area contributed by atoms with Gasteiger partial charge < -0.3 is 29.6 Å². The van der Waals surface area contributed by atoms with Gasteiger partial charge in [-0.15, -0.1) is 0 Å². The zero-order valence-corrected chi connectivity index (χ0v) is 24.2. The lowest BCUT2D eigenvalue weighted by Gasteiger charge is -2.36. The zero-order valence-electron chi connectivity index (χ0n) is 23.2. The molecule has 0 radical (unpaired) electrons. The Kier molecular flexibility index (Phi) is 9.98. The van der Waals surface area contributed by atoms with Gasteiger partial charge in [-0.2, -0.15) is 0 Å². The van der Waals surface area contributed by atoms with Crippen LogP contribution in [0.3, 0.4) is 0 Å². The average Bonchev–Trinajstić information content (AvgIpc) is 2.89. The van der Waals surface area contributed by atoms with E-state index in [1.165, 1.54) is 5.56 Å². The molecule has 1 fully saturated rings. The number of amides is 2. The Balaban J connectivity index is 1.50. The minimum absolute atomic E-state index is 0.0323. The number of hydrogen-bond donors (Lipinski definition) is 3. The van der Waals surface area contributed by atoms with Crippen LogP contribution in [0.1, 0.15) is 61.0 Å². The molecule has 0 spiro atoms. The smallest absolute Gasteiger partial charge is 0.404 e. The van der Waals surface area contributed by atoms with Crippen molar-refractivity contribution in [3.05, 3.63) is 65.2 Å². The fraction of sp³-hybridized carbons (Fsp3) is 0.517. The van der Waals surface area contributed by atoms with Gasteiger partial charge in [-0.1, -0.05) is 51.1 Å². The molecule has 1 unspecified atom stereocenters. The molecule has 208 valence electrons. The molecule has 0 aromatic heterocycles. The molecule has 0 bridgehead atoms. The van der Waals surface area contributed by atoms with Gasteiger partial charge in [0, 0.05) is 25.2 Å². The highest BCUT2D eigenvalue weighted by Gasteiger charge is 2.37. The number of nitrogens with one attached hydrogen (secondary N) is 1. The first-order valence-corrected chi connectivity index (χ1v) is 16.2. The summed E-state index contributed by atoms with van der Waals surface area (Å²) >= 11 is 0. The Morgan fingerprint density at radius 2 is 1.76 bits per heavy atom. The number of benzene rings is 2. The Morgan fingerprint density at radius 1 is 1.08 bits per heavy atom. The van der Waals surface area contributed by atoms with Crippen LogP contribution in [-0.4, -0.2) is 67.8 Å². The minimum atomic E-state index is -1.95. The van der Waals surface area contributed by atoms with Crippen molar-refractivity contribution in [1.29, 1.82) is 0 Å². The molecule has 2 aromatic carbocycles. The van der Waals surface area contributed by atoms with Crippen LogP contribution < -0.4 is 10.1 Å². The van der Waals surface area contributed by atoms with E-state index in [0.29, 0.717) is 30.3 Å². The summed E-state index contributed by atoms with van der Waals surface area (Å²) in [5, 5.41) is 21.7. The van der Waals surface area contributed by atoms with Crippen molar-refractivity contribution in [2.24, 2.45) is 0 Å². The molecular formula is C29H42N2O6Si. The molecule has 2 aromatic rings. The first-order valence-electron chi connectivity index (χ1n) is 13.3. The number of carboxylic acid groups (broad SMARTS) is 1. The summed E-state index contributed by atoms with van der Waals surface area (Å²) in [7, 11) is -1.95. The van der Waals surface area contributed by atoms with Gasteiger partial charge in [0.15, 0.2) is 8.32 Å². The predicted molar refractivity (Wildman–Crippen MR) is 150 cm³/mol. The summed E-state index contributed by atoms with van der Waals surface area (Å²) in [4.78, 5) is 25.8. The molecule has 0 aliphatic carbocycles. The number of carbonyl (C=O) groups excluding carboxylic acids is 1. The number of aliphatic hydroxyl groups is 1. The third kappa shape index (κ3) is 8.31. The van der Waals surface area contributed by atoms with Crippen molar-refractivity contribution in [2.75, 3.05) is 26.3 Å². The van der Waals surface area contributed by atoms with Crippen molar-refractivity contribution in [2.45, 2.75) is 70.3 Å². The zero-order chi connectivity index (χ0) is 27.9. The van der Waals surface area contributed by atoms with Gasteiger partial charge in [-0.3, -0.25) is 4.79 Å². The third-order valence-corrected chi connectivity index (χ3v) is 12.1. The first kappa shape index (κ1) is 29.7. The number of aliphatic hydroxyl groups excluding tert-OH is 1. The van der Waals surface area contributed by atoms with E-state index in [-0.39, 0.29) is 30.7 Å². The number of ether oxygens (including phenoxy) is 1. The van der Waals surface area contributed by atoms with Crippen molar-refractivity contribution < 1.29 is 29.0 Å². The second-order valence-electron chi connectivity index (χ2n) is 11.5. The topological polar surface area (TPSA) is 108 Å². The summed E-state index contributed by atoms with van der Waals surface area (Å²) in [6, 6.07) is 15.1. The molecule has 0 saturated carbocycles. The fourth-order valence-corrected chi connectivity index (χ4v) is 5.26. The molecule has 38 heavy (non-hydrogen) atoms. The van der Waals surface area contributed by atoms with Crippen molar-refractivity contribution >= 4 is 20.3 Å². The van der Waals surface area contributed by atoms with E-state index in [0.717, 1.165) is 18.4 Å². The summed E-state index contributed by atoms with van der Waals surface area (Å²) in [6.45, 7) is 12.7. The summed E-state index contributed by atoms with van der Waals surface area (Å²) in [6.07, 6.45) is -0.0967. The van der Waals surface area contributed by atoms with Crippen molar-refractivity contribution in [3.63, 3.8) is 0 Å². The second-order valence-corrected chi connectivity index (χ2v) is 16.3. The molecule has 1 saturated heterocycles. The van der Waals surface area contributed by atoms with Crippen molar-refractivity contribution in [1.82, 2.24) is 10.2 Å². The number of piperidine rings is 1. The van der Waals surface area contributed by atoms with Crippen molar-refractivity contribution in [3.8, 4) is 5.75 Å². The molecule has 1 aliphatic heterocycles. The standard InChI is InChI=1S/C29H42N2O6Si/c1-29(2,3)38(4,5)37-20-25(32)19-36-26-11-7-10-24(17-26)27(33)31-14-12-22(13-15-31)23-9-6-8-21(16-23)18-30-28(34)35/h6-11,16-17,22,25,30,32H,12-15,18-20H2,1-5H3,(H,34,35). The Bertz CT molecular complexity index is 1090. The molecular weight excluding hydrogens is 500 g/mol. The first-order chi connectivity index (χ1) is 17.9. The highest BCUT2D eigenvalue weighted by molar-refractivity contribution is 6.74. The van der Waals surface area contributed by atoms with Crippen LogP contribution in [0.15, 0.2) is 48.5 Å². The van der Waals surface area contributed by atoms with E-state index in [1.807, 2.05) is 23.1 Å². The predicted octanol–water partition coefficient (Wildman–Crippen LogP) is 5.24. The Labute approximate surface area is 227 Å². The monoisotopic (exact) mass is 542 g/mol. The quantitative estimate of drug-likeness (QED) is 0.355. The lowest BCUT2D eigenvalue weighted by Crippen LogP contribution is -2.43. The van der Waals surface area contributed by atoms with E-state index in [1.54, 1.807) is 24.3 Å². The van der Waals surface area contributed by atoms with Gasteiger partial charge >= 0.3 is 6.09 Å². The van der Waals surface area contributed by atoms with E-state index < -0.39 is 20.5 Å². The number of hydrogen-bond acceptors (Lipinski definition) is 5. The van der Waals surface area contributed by atoms with Gasteiger partial charge in [0.25, 0.3) is 5.91 Å². The van der Waals surface area contributed by atoms with Gasteiger partial charge in [-0.05, 0) is 66.2 Å². The van der Waals surface area contributed by atoms with Gasteiger partial charge in [0.1, 0.15) is 18.5 Å². The Hall–Kier alpha value is -2.88. The van der Waals surface area contributed by atoms with Gasteiger partial charge in [0.05, 0.1) is 6.61 Å². The maximum Gasteiger partial charge on any atom is 0.404 e. The molecule has 1 atom stereocenters.